The third kappa shape index (κ3) is 3.97. The van der Waals surface area contributed by atoms with Crippen molar-refractivity contribution in [3.05, 3.63) is 33.4 Å². The minimum atomic E-state index is -4.13. The van der Waals surface area contributed by atoms with Crippen LogP contribution < -0.4 is 4.89 Å². The average Bonchev–Trinajstić information content (AvgIpc) is 2.37. The molecule has 9 heteroatoms. The first-order valence-corrected chi connectivity index (χ1v) is 7.16. The van der Waals surface area contributed by atoms with E-state index in [1.165, 1.54) is 19.2 Å². The fourth-order valence-electron chi connectivity index (χ4n) is 1.42. The van der Waals surface area contributed by atoms with Gasteiger partial charge in [-0.3, -0.25) is 15.0 Å². The molecule has 0 saturated carbocycles. The maximum absolute atomic E-state index is 12.0. The van der Waals surface area contributed by atoms with Gasteiger partial charge in [0.2, 0.25) is 0 Å². The molecule has 0 bridgehead atoms. The molecule has 0 atom stereocenters. The van der Waals surface area contributed by atoms with E-state index in [0.717, 1.165) is 0 Å². The van der Waals surface area contributed by atoms with Gasteiger partial charge in [-0.15, -0.1) is 0 Å². The zero-order chi connectivity index (χ0) is 15.3. The number of hydrogen-bond acceptors (Lipinski definition) is 6. The highest BCUT2D eigenvalue weighted by molar-refractivity contribution is 7.89. The lowest BCUT2D eigenvalue weighted by Gasteiger charge is -2.09. The van der Waals surface area contributed by atoms with E-state index in [-0.39, 0.29) is 13.2 Å². The van der Waals surface area contributed by atoms with Crippen LogP contribution in [-0.4, -0.2) is 33.7 Å². The first kappa shape index (κ1) is 16.5. The highest BCUT2D eigenvalue weighted by Gasteiger charge is 2.27. The van der Waals surface area contributed by atoms with E-state index in [0.29, 0.717) is 11.1 Å². The van der Waals surface area contributed by atoms with Gasteiger partial charge in [0.05, 0.1) is 18.1 Å². The molecule has 1 aromatic carbocycles. The Bertz CT molecular complexity index is 599. The van der Waals surface area contributed by atoms with Crippen molar-refractivity contribution in [2.75, 3.05) is 20.3 Å². The lowest BCUT2D eigenvalue weighted by atomic mass is 10.1. The van der Waals surface area contributed by atoms with Crippen molar-refractivity contribution in [3.8, 4) is 0 Å². The molecule has 1 N–H and O–H groups in total. The fourth-order valence-corrected chi connectivity index (χ4v) is 2.49. The Balaban J connectivity index is 3.10. The first-order valence-electron chi connectivity index (χ1n) is 5.67. The second kappa shape index (κ2) is 6.75. The number of nitrogens with zero attached hydrogens (tertiary/aromatic N) is 1. The van der Waals surface area contributed by atoms with Crippen molar-refractivity contribution < 1.29 is 22.9 Å². The van der Waals surface area contributed by atoms with Crippen LogP contribution >= 0.6 is 0 Å². The summed E-state index contributed by atoms with van der Waals surface area (Å²) in [5.74, 6) is 0. The molecule has 0 spiro atoms. The molecule has 0 heterocycles. The monoisotopic (exact) mass is 304 g/mol. The Kier molecular flexibility index (Phi) is 5.57. The van der Waals surface area contributed by atoms with Crippen molar-refractivity contribution in [2.24, 2.45) is 0 Å². The highest BCUT2D eigenvalue weighted by atomic mass is 32.2. The van der Waals surface area contributed by atoms with E-state index in [2.05, 4.69) is 0 Å². The summed E-state index contributed by atoms with van der Waals surface area (Å²) in [5, 5.41) is 11.0. The first-order chi connectivity index (χ1) is 9.29. The summed E-state index contributed by atoms with van der Waals surface area (Å²) in [7, 11) is -2.69. The summed E-state index contributed by atoms with van der Waals surface area (Å²) in [6.07, 6.45) is 0. The largest absolute Gasteiger partial charge is 0.382 e. The van der Waals surface area contributed by atoms with E-state index in [1.807, 2.05) is 4.89 Å². The summed E-state index contributed by atoms with van der Waals surface area (Å²) < 4.78 is 28.7. The molecule has 0 saturated heterocycles. The normalized spacial score (nSPS) is 11.6. The number of nitrogens with one attached hydrogen (secondary N) is 1. The number of benzene rings is 1. The third-order valence-corrected chi connectivity index (χ3v) is 3.86. The molecule has 0 aliphatic heterocycles. The molecule has 0 fully saturated rings. The van der Waals surface area contributed by atoms with Crippen LogP contribution in [0.1, 0.15) is 11.1 Å². The zero-order valence-electron chi connectivity index (χ0n) is 11.4. The maximum atomic E-state index is 12.0. The number of ether oxygens (including phenoxy) is 1. The Hall–Kier alpha value is -1.55. The van der Waals surface area contributed by atoms with Crippen LogP contribution in [-0.2, 0) is 19.6 Å². The van der Waals surface area contributed by atoms with Crippen LogP contribution in [0.15, 0.2) is 17.0 Å². The van der Waals surface area contributed by atoms with Gasteiger partial charge in [-0.2, -0.15) is 0 Å². The van der Waals surface area contributed by atoms with Crippen LogP contribution in [0.2, 0.25) is 0 Å². The molecular formula is C11H16N2O6S. The van der Waals surface area contributed by atoms with Gasteiger partial charge in [0.1, 0.15) is 0 Å². The number of nitro groups is 1. The van der Waals surface area contributed by atoms with Crippen molar-refractivity contribution in [2.45, 2.75) is 18.7 Å². The molecule has 0 aliphatic carbocycles. The van der Waals surface area contributed by atoms with Gasteiger partial charge in [0.25, 0.3) is 15.7 Å². The molecule has 0 aromatic heterocycles. The standard InChI is InChI=1S/C11H16N2O6S/c1-8-6-10(13(14)15)11(7-9(8)2)20(16,17)12-19-5-4-18-3/h6-7,12H,4-5H2,1-3H3. The molecule has 112 valence electrons. The van der Waals surface area contributed by atoms with Crippen molar-refractivity contribution >= 4 is 15.7 Å². The molecule has 8 nitrogen and oxygen atoms in total. The molecular weight excluding hydrogens is 288 g/mol. The second-order valence-corrected chi connectivity index (χ2v) is 5.70. The molecule has 1 rings (SSSR count). The Morgan fingerprint density at radius 3 is 2.40 bits per heavy atom. The summed E-state index contributed by atoms with van der Waals surface area (Å²) in [6, 6.07) is 2.47. The van der Waals surface area contributed by atoms with Crippen LogP contribution in [0, 0.1) is 24.0 Å². The van der Waals surface area contributed by atoms with Crippen molar-refractivity contribution in [1.29, 1.82) is 0 Å². The smallest absolute Gasteiger partial charge is 0.289 e. The fraction of sp³-hybridized carbons (Fsp3) is 0.455. The van der Waals surface area contributed by atoms with Crippen LogP contribution in [0.25, 0.3) is 0 Å². The summed E-state index contributed by atoms with van der Waals surface area (Å²) >= 11 is 0. The molecule has 1 aromatic rings. The SMILES string of the molecule is COCCONS(=O)(=O)c1cc(C)c(C)cc1[N+](=O)[O-]. The highest BCUT2D eigenvalue weighted by Crippen LogP contribution is 2.27. The zero-order valence-corrected chi connectivity index (χ0v) is 12.2. The number of sulfonamides is 1. The van der Waals surface area contributed by atoms with Gasteiger partial charge < -0.3 is 4.74 Å². The van der Waals surface area contributed by atoms with E-state index in [9.17, 15) is 18.5 Å². The lowest BCUT2D eigenvalue weighted by Crippen LogP contribution is -2.26. The third-order valence-electron chi connectivity index (χ3n) is 2.62. The quantitative estimate of drug-likeness (QED) is 0.458. The second-order valence-electron chi connectivity index (χ2n) is 4.09. The van der Waals surface area contributed by atoms with E-state index in [1.54, 1.807) is 13.8 Å². The Morgan fingerprint density at radius 2 is 1.85 bits per heavy atom. The van der Waals surface area contributed by atoms with Gasteiger partial charge in [-0.1, -0.05) is 4.89 Å². The van der Waals surface area contributed by atoms with Crippen LogP contribution in [0.5, 0.6) is 0 Å². The van der Waals surface area contributed by atoms with Crippen molar-refractivity contribution in [1.82, 2.24) is 4.89 Å². The molecule has 0 radical (unpaired) electrons. The van der Waals surface area contributed by atoms with E-state index in [4.69, 9.17) is 9.57 Å². The Labute approximate surface area is 116 Å². The van der Waals surface area contributed by atoms with Gasteiger partial charge >= 0.3 is 0 Å². The number of hydrogen-bond donors (Lipinski definition) is 1. The van der Waals surface area contributed by atoms with E-state index >= 15 is 0 Å². The number of rotatable bonds is 7. The van der Waals surface area contributed by atoms with Crippen LogP contribution in [0.3, 0.4) is 0 Å². The van der Waals surface area contributed by atoms with Gasteiger partial charge in [-0.05, 0) is 31.0 Å². The molecule has 0 amide bonds. The molecule has 0 aliphatic rings. The van der Waals surface area contributed by atoms with E-state index < -0.39 is 25.5 Å². The van der Waals surface area contributed by atoms with Gasteiger partial charge in [0, 0.05) is 13.2 Å². The Morgan fingerprint density at radius 1 is 1.25 bits per heavy atom. The maximum Gasteiger partial charge on any atom is 0.289 e. The van der Waals surface area contributed by atoms with Gasteiger partial charge in [-0.25, -0.2) is 8.42 Å². The summed E-state index contributed by atoms with van der Waals surface area (Å²) in [6.45, 7) is 3.52. The minimum Gasteiger partial charge on any atom is -0.382 e. The predicted octanol–water partition coefficient (Wildman–Crippen LogP) is 1.07. The minimum absolute atomic E-state index is 0.00558. The number of methoxy groups -OCH3 is 1. The summed E-state index contributed by atoms with van der Waals surface area (Å²) in [4.78, 5) is 16.3. The number of nitro benzene ring substituents is 1. The van der Waals surface area contributed by atoms with Crippen LogP contribution in [0.4, 0.5) is 5.69 Å². The topological polar surface area (TPSA) is 108 Å². The summed E-state index contributed by atoms with van der Waals surface area (Å²) in [5.41, 5.74) is 0.778. The molecule has 0 unspecified atom stereocenters. The lowest BCUT2D eigenvalue weighted by molar-refractivity contribution is -0.387. The molecule has 20 heavy (non-hydrogen) atoms. The van der Waals surface area contributed by atoms with Gasteiger partial charge in [0.15, 0.2) is 4.90 Å². The predicted molar refractivity (Wildman–Crippen MR) is 70.7 cm³/mol. The average molecular weight is 304 g/mol. The van der Waals surface area contributed by atoms with Crippen molar-refractivity contribution in [3.63, 3.8) is 0 Å². The number of aryl methyl sites for hydroxylation is 2.